The van der Waals surface area contributed by atoms with Gasteiger partial charge in [0.15, 0.2) is 0 Å². The van der Waals surface area contributed by atoms with Crippen molar-refractivity contribution in [2.45, 2.75) is 13.0 Å². The van der Waals surface area contributed by atoms with Gasteiger partial charge >= 0.3 is 0 Å². The minimum Gasteiger partial charge on any atom is -0.331 e. The topological polar surface area (TPSA) is 54.3 Å². The first-order chi connectivity index (χ1) is 12.1. The Morgan fingerprint density at radius 1 is 1.19 bits per heavy atom. The molecule has 2 fully saturated rings. The number of aromatic nitrogens is 1. The Kier molecular flexibility index (Phi) is 5.21. The van der Waals surface area contributed by atoms with Crippen LogP contribution in [-0.2, 0) is 7.05 Å². The van der Waals surface area contributed by atoms with Gasteiger partial charge in [0.05, 0.1) is 6.04 Å². The number of carbonyl (C=O) groups is 1. The second-order valence-electron chi connectivity index (χ2n) is 7.21. The van der Waals surface area contributed by atoms with Gasteiger partial charge in [0.1, 0.15) is 0 Å². The van der Waals surface area contributed by atoms with Crippen LogP contribution in [0.25, 0.3) is 0 Å². The summed E-state index contributed by atoms with van der Waals surface area (Å²) in [7, 11) is 1.69. The Labute approximate surface area is 159 Å². The van der Waals surface area contributed by atoms with E-state index in [1.165, 1.54) is 21.8 Å². The molecule has 6 heteroatoms. The number of rotatable bonds is 2. The molecule has 138 valence electrons. The van der Waals surface area contributed by atoms with Crippen molar-refractivity contribution in [1.29, 1.82) is 0 Å². The van der Waals surface area contributed by atoms with E-state index >= 15 is 0 Å². The maximum Gasteiger partial charge on any atom is 0.254 e. The predicted octanol–water partition coefficient (Wildman–Crippen LogP) is 2.15. The molecule has 26 heavy (non-hydrogen) atoms. The van der Waals surface area contributed by atoms with E-state index in [-0.39, 0.29) is 29.9 Å². The molecule has 2 aliphatic rings. The first-order valence-electron chi connectivity index (χ1n) is 8.80. The van der Waals surface area contributed by atoms with Gasteiger partial charge < -0.3 is 14.8 Å². The summed E-state index contributed by atoms with van der Waals surface area (Å²) in [6, 6.07) is 11.6. The lowest BCUT2D eigenvalue weighted by Gasteiger charge is -2.29. The van der Waals surface area contributed by atoms with Gasteiger partial charge in [0, 0.05) is 50.4 Å². The van der Waals surface area contributed by atoms with Crippen molar-refractivity contribution < 1.29 is 4.79 Å². The molecule has 0 unspecified atom stereocenters. The number of pyridine rings is 1. The van der Waals surface area contributed by atoms with Crippen LogP contribution >= 0.6 is 12.4 Å². The monoisotopic (exact) mass is 373 g/mol. The van der Waals surface area contributed by atoms with Gasteiger partial charge in [-0.3, -0.25) is 9.59 Å². The molecule has 0 radical (unpaired) electrons. The van der Waals surface area contributed by atoms with Crippen LogP contribution in [0.15, 0.2) is 47.4 Å². The van der Waals surface area contributed by atoms with E-state index in [0.29, 0.717) is 17.4 Å². The van der Waals surface area contributed by atoms with Gasteiger partial charge in [0.25, 0.3) is 11.5 Å². The highest BCUT2D eigenvalue weighted by Gasteiger charge is 2.47. The molecule has 1 aromatic carbocycles. The standard InChI is InChI=1S/C20H23N3O2.ClH/c1-13-5-3-4-6-16(13)19-17-11-21-10-15(17)12-23(19)20(25)14-7-8-22(2)18(24)9-14;/h3-9,15,17,19,21H,10-12H2,1-2H3;1H/t15-,17-,19+;/m0./s1. The first kappa shape index (κ1) is 18.7. The zero-order chi connectivity index (χ0) is 17.6. The molecule has 0 saturated carbocycles. The van der Waals surface area contributed by atoms with Crippen molar-refractivity contribution in [2.75, 3.05) is 19.6 Å². The number of aryl methyl sites for hydroxylation is 2. The molecule has 0 bridgehead atoms. The smallest absolute Gasteiger partial charge is 0.254 e. The van der Waals surface area contributed by atoms with E-state index in [1.54, 1.807) is 19.3 Å². The summed E-state index contributed by atoms with van der Waals surface area (Å²) < 4.78 is 1.48. The van der Waals surface area contributed by atoms with Crippen molar-refractivity contribution in [3.05, 3.63) is 69.6 Å². The van der Waals surface area contributed by atoms with Gasteiger partial charge in [-0.05, 0) is 30.0 Å². The predicted molar refractivity (Wildman–Crippen MR) is 104 cm³/mol. The van der Waals surface area contributed by atoms with Gasteiger partial charge in [-0.1, -0.05) is 24.3 Å². The highest BCUT2D eigenvalue weighted by molar-refractivity contribution is 5.94. The molecule has 0 aliphatic carbocycles. The summed E-state index contributed by atoms with van der Waals surface area (Å²) in [5.41, 5.74) is 2.76. The van der Waals surface area contributed by atoms with E-state index in [0.717, 1.165) is 19.6 Å². The lowest BCUT2D eigenvalue weighted by Crippen LogP contribution is -2.35. The highest BCUT2D eigenvalue weighted by atomic mass is 35.5. The number of halogens is 1. The number of hydrogen-bond donors (Lipinski definition) is 1. The van der Waals surface area contributed by atoms with Crippen LogP contribution < -0.4 is 10.9 Å². The van der Waals surface area contributed by atoms with E-state index in [9.17, 15) is 9.59 Å². The van der Waals surface area contributed by atoms with Crippen LogP contribution in [0.3, 0.4) is 0 Å². The minimum atomic E-state index is -0.153. The largest absolute Gasteiger partial charge is 0.331 e. The lowest BCUT2D eigenvalue weighted by molar-refractivity contribution is 0.0713. The van der Waals surface area contributed by atoms with E-state index in [1.807, 2.05) is 17.0 Å². The van der Waals surface area contributed by atoms with Crippen LogP contribution in [0.2, 0.25) is 0 Å². The fraction of sp³-hybridized carbons (Fsp3) is 0.400. The van der Waals surface area contributed by atoms with Crippen molar-refractivity contribution in [3.8, 4) is 0 Å². The maximum absolute atomic E-state index is 13.2. The minimum absolute atomic E-state index is 0. The number of nitrogens with zero attached hydrogens (tertiary/aromatic N) is 2. The van der Waals surface area contributed by atoms with Gasteiger partial charge in [-0.15, -0.1) is 12.4 Å². The van der Waals surface area contributed by atoms with Gasteiger partial charge in [-0.2, -0.15) is 0 Å². The van der Waals surface area contributed by atoms with Crippen molar-refractivity contribution in [2.24, 2.45) is 18.9 Å². The average Bonchev–Trinajstić information content (AvgIpc) is 3.18. The Balaban J connectivity index is 0.00000196. The van der Waals surface area contributed by atoms with Crippen molar-refractivity contribution in [3.63, 3.8) is 0 Å². The molecule has 4 rings (SSSR count). The van der Waals surface area contributed by atoms with Crippen LogP contribution in [0.5, 0.6) is 0 Å². The summed E-state index contributed by atoms with van der Waals surface area (Å²) in [5.74, 6) is 0.858. The summed E-state index contributed by atoms with van der Waals surface area (Å²) in [5, 5.41) is 3.47. The van der Waals surface area contributed by atoms with Crippen LogP contribution in [-0.4, -0.2) is 35.0 Å². The zero-order valence-electron chi connectivity index (χ0n) is 15.0. The molecule has 5 nitrogen and oxygen atoms in total. The Morgan fingerprint density at radius 2 is 1.96 bits per heavy atom. The fourth-order valence-corrected chi connectivity index (χ4v) is 4.29. The number of amides is 1. The molecule has 1 N–H and O–H groups in total. The number of carbonyl (C=O) groups excluding carboxylic acids is 1. The summed E-state index contributed by atoms with van der Waals surface area (Å²) in [6.07, 6.45) is 1.66. The normalized spacial score (nSPS) is 24.2. The SMILES string of the molecule is Cc1ccccc1[C@@H]1[C@H]2CNC[C@H]2CN1C(=O)c1ccn(C)c(=O)c1.Cl. The fourth-order valence-electron chi connectivity index (χ4n) is 4.29. The third-order valence-electron chi connectivity index (χ3n) is 5.68. The summed E-state index contributed by atoms with van der Waals surface area (Å²) >= 11 is 0. The number of fused-ring (bicyclic) bond motifs is 1. The van der Waals surface area contributed by atoms with E-state index in [4.69, 9.17) is 0 Å². The Morgan fingerprint density at radius 3 is 2.69 bits per heavy atom. The molecule has 2 aromatic rings. The highest BCUT2D eigenvalue weighted by Crippen LogP contribution is 2.44. The molecule has 3 atom stereocenters. The molecule has 3 heterocycles. The molecular formula is C20H24ClN3O2. The molecule has 1 aromatic heterocycles. The summed E-state index contributed by atoms with van der Waals surface area (Å²) in [4.78, 5) is 27.1. The average molecular weight is 374 g/mol. The molecular weight excluding hydrogens is 350 g/mol. The van der Waals surface area contributed by atoms with Crippen molar-refractivity contribution in [1.82, 2.24) is 14.8 Å². The third kappa shape index (κ3) is 3.06. The van der Waals surface area contributed by atoms with Crippen LogP contribution in [0.4, 0.5) is 0 Å². The number of likely N-dealkylation sites (tertiary alicyclic amines) is 1. The van der Waals surface area contributed by atoms with Crippen LogP contribution in [0.1, 0.15) is 27.5 Å². The Bertz CT molecular complexity index is 879. The number of hydrogen-bond acceptors (Lipinski definition) is 3. The first-order valence-corrected chi connectivity index (χ1v) is 8.80. The second-order valence-corrected chi connectivity index (χ2v) is 7.21. The van der Waals surface area contributed by atoms with Crippen LogP contribution in [0, 0.1) is 18.8 Å². The lowest BCUT2D eigenvalue weighted by atomic mass is 9.87. The van der Waals surface area contributed by atoms with Crippen molar-refractivity contribution >= 4 is 18.3 Å². The third-order valence-corrected chi connectivity index (χ3v) is 5.68. The quantitative estimate of drug-likeness (QED) is 0.877. The molecule has 0 spiro atoms. The Hall–Kier alpha value is -2.11. The number of benzene rings is 1. The second kappa shape index (κ2) is 7.25. The number of nitrogens with one attached hydrogen (secondary N) is 1. The zero-order valence-corrected chi connectivity index (χ0v) is 15.8. The van der Waals surface area contributed by atoms with Gasteiger partial charge in [-0.25, -0.2) is 0 Å². The van der Waals surface area contributed by atoms with E-state index in [2.05, 4.69) is 24.4 Å². The van der Waals surface area contributed by atoms with Gasteiger partial charge in [0.2, 0.25) is 0 Å². The summed E-state index contributed by atoms with van der Waals surface area (Å²) in [6.45, 7) is 4.73. The molecule has 2 saturated heterocycles. The maximum atomic E-state index is 13.2. The molecule has 2 aliphatic heterocycles. The molecule has 1 amide bonds. The van der Waals surface area contributed by atoms with E-state index < -0.39 is 0 Å².